The van der Waals surface area contributed by atoms with Crippen molar-refractivity contribution in [3.8, 4) is 0 Å². The van der Waals surface area contributed by atoms with Gasteiger partial charge in [0.2, 0.25) is 0 Å². The summed E-state index contributed by atoms with van der Waals surface area (Å²) in [6.07, 6.45) is 4.04. The number of hydrogen-bond acceptors (Lipinski definition) is 7. The fourth-order valence-corrected chi connectivity index (χ4v) is 4.84. The molecule has 7 heteroatoms. The molecule has 2 rings (SSSR count). The van der Waals surface area contributed by atoms with Gasteiger partial charge in [0.05, 0.1) is 58.5 Å². The van der Waals surface area contributed by atoms with Crippen molar-refractivity contribution in [3.63, 3.8) is 0 Å². The summed E-state index contributed by atoms with van der Waals surface area (Å²) in [5.74, 6) is 0.945. The maximum absolute atomic E-state index is 11.3. The van der Waals surface area contributed by atoms with E-state index in [1.165, 1.54) is 0 Å². The molecule has 1 saturated heterocycles. The standard InChI is InChI=1S/C20H39NO5S/c1-18(2)27-17-19(20(22)5-3-4-6-20)21-7-9-23-11-13-25-15-16-26-14-12-24-10-8-21/h18-19,22H,3-17H2,1-2H3/t19-/m0/s1. The molecule has 0 unspecified atom stereocenters. The molecule has 0 amide bonds. The SMILES string of the molecule is CC(C)SC[C@H](N1CCOCCOCCOCCOCC1)C1(O)CCCC1. The summed E-state index contributed by atoms with van der Waals surface area (Å²) in [7, 11) is 0. The number of thioether (sulfide) groups is 1. The van der Waals surface area contributed by atoms with Gasteiger partial charge in [0.25, 0.3) is 0 Å². The fourth-order valence-electron chi connectivity index (χ4n) is 3.75. The van der Waals surface area contributed by atoms with E-state index in [2.05, 4.69) is 18.7 Å². The third kappa shape index (κ3) is 8.98. The lowest BCUT2D eigenvalue weighted by molar-refractivity contribution is -0.0499. The molecule has 0 aromatic heterocycles. The van der Waals surface area contributed by atoms with Crippen LogP contribution in [0.5, 0.6) is 0 Å². The second kappa shape index (κ2) is 13.4. The maximum atomic E-state index is 11.3. The van der Waals surface area contributed by atoms with Gasteiger partial charge in [0.15, 0.2) is 0 Å². The molecular weight excluding hydrogens is 366 g/mol. The molecule has 0 bridgehead atoms. The van der Waals surface area contributed by atoms with E-state index in [-0.39, 0.29) is 6.04 Å². The van der Waals surface area contributed by atoms with Crippen LogP contribution in [0.3, 0.4) is 0 Å². The van der Waals surface area contributed by atoms with Crippen molar-refractivity contribution in [3.05, 3.63) is 0 Å². The zero-order chi connectivity index (χ0) is 19.4. The topological polar surface area (TPSA) is 60.4 Å². The van der Waals surface area contributed by atoms with Gasteiger partial charge in [0, 0.05) is 24.9 Å². The van der Waals surface area contributed by atoms with Crippen LogP contribution in [0, 0.1) is 0 Å². The molecule has 2 fully saturated rings. The molecule has 1 saturated carbocycles. The van der Waals surface area contributed by atoms with E-state index in [9.17, 15) is 5.11 Å². The van der Waals surface area contributed by atoms with Crippen molar-refractivity contribution < 1.29 is 24.1 Å². The Morgan fingerprint density at radius 1 is 0.815 bits per heavy atom. The summed E-state index contributed by atoms with van der Waals surface area (Å²) < 4.78 is 22.5. The first-order valence-electron chi connectivity index (χ1n) is 10.5. The van der Waals surface area contributed by atoms with E-state index in [4.69, 9.17) is 18.9 Å². The number of aliphatic hydroxyl groups is 1. The predicted octanol–water partition coefficient (Wildman–Crippen LogP) is 2.18. The molecular formula is C20H39NO5S. The highest BCUT2D eigenvalue weighted by atomic mass is 32.2. The number of rotatable bonds is 5. The summed E-state index contributed by atoms with van der Waals surface area (Å²) in [6.45, 7) is 10.9. The lowest BCUT2D eigenvalue weighted by Gasteiger charge is -2.41. The van der Waals surface area contributed by atoms with Crippen LogP contribution >= 0.6 is 11.8 Å². The Morgan fingerprint density at radius 2 is 1.26 bits per heavy atom. The summed E-state index contributed by atoms with van der Waals surface area (Å²) in [6, 6.07) is 0.141. The van der Waals surface area contributed by atoms with Crippen molar-refractivity contribution in [2.24, 2.45) is 0 Å². The molecule has 27 heavy (non-hydrogen) atoms. The first-order valence-corrected chi connectivity index (χ1v) is 11.6. The van der Waals surface area contributed by atoms with E-state index in [1.807, 2.05) is 11.8 Å². The van der Waals surface area contributed by atoms with Crippen LogP contribution in [-0.4, -0.2) is 98.6 Å². The summed E-state index contributed by atoms with van der Waals surface area (Å²) in [4.78, 5) is 2.39. The minimum atomic E-state index is -0.586. The first-order chi connectivity index (χ1) is 13.1. The van der Waals surface area contributed by atoms with Gasteiger partial charge in [-0.25, -0.2) is 0 Å². The summed E-state index contributed by atoms with van der Waals surface area (Å²) in [5.41, 5.74) is -0.586. The second-order valence-electron chi connectivity index (χ2n) is 7.69. The quantitative estimate of drug-likeness (QED) is 0.752. The average Bonchev–Trinajstić information content (AvgIpc) is 3.07. The molecule has 1 N–H and O–H groups in total. The molecule has 1 heterocycles. The number of nitrogens with zero attached hydrogens (tertiary/aromatic N) is 1. The monoisotopic (exact) mass is 405 g/mol. The van der Waals surface area contributed by atoms with Gasteiger partial charge in [-0.3, -0.25) is 4.90 Å². The Balaban J connectivity index is 1.98. The van der Waals surface area contributed by atoms with Crippen molar-refractivity contribution in [2.45, 2.75) is 56.4 Å². The van der Waals surface area contributed by atoms with E-state index in [0.29, 0.717) is 58.1 Å². The zero-order valence-corrected chi connectivity index (χ0v) is 18.0. The Hall–Kier alpha value is 0.110. The van der Waals surface area contributed by atoms with Crippen LogP contribution in [0.2, 0.25) is 0 Å². The van der Waals surface area contributed by atoms with E-state index in [0.717, 1.165) is 44.5 Å². The van der Waals surface area contributed by atoms with Gasteiger partial charge in [-0.05, 0) is 18.1 Å². The van der Waals surface area contributed by atoms with Gasteiger partial charge in [0.1, 0.15) is 0 Å². The van der Waals surface area contributed by atoms with Crippen molar-refractivity contribution in [1.82, 2.24) is 4.90 Å². The predicted molar refractivity (Wildman–Crippen MR) is 110 cm³/mol. The Morgan fingerprint density at radius 3 is 1.70 bits per heavy atom. The van der Waals surface area contributed by atoms with Crippen LogP contribution in [0.25, 0.3) is 0 Å². The van der Waals surface area contributed by atoms with Gasteiger partial charge in [-0.15, -0.1) is 0 Å². The van der Waals surface area contributed by atoms with Crippen molar-refractivity contribution in [1.29, 1.82) is 0 Å². The molecule has 1 aliphatic carbocycles. The highest BCUT2D eigenvalue weighted by Crippen LogP contribution is 2.36. The van der Waals surface area contributed by atoms with Crippen molar-refractivity contribution in [2.75, 3.05) is 71.7 Å². The highest BCUT2D eigenvalue weighted by molar-refractivity contribution is 7.99. The normalized spacial score (nSPS) is 25.8. The fraction of sp³-hybridized carbons (Fsp3) is 1.00. The molecule has 0 aromatic rings. The van der Waals surface area contributed by atoms with Crippen molar-refractivity contribution >= 4 is 11.8 Å². The van der Waals surface area contributed by atoms with E-state index in [1.54, 1.807) is 0 Å². The van der Waals surface area contributed by atoms with Crippen LogP contribution in [-0.2, 0) is 18.9 Å². The summed E-state index contributed by atoms with van der Waals surface area (Å²) in [5, 5.41) is 11.9. The largest absolute Gasteiger partial charge is 0.388 e. The number of hydrogen-bond donors (Lipinski definition) is 1. The third-order valence-electron chi connectivity index (χ3n) is 5.28. The van der Waals surface area contributed by atoms with Gasteiger partial charge in [-0.2, -0.15) is 11.8 Å². The smallest absolute Gasteiger partial charge is 0.0810 e. The maximum Gasteiger partial charge on any atom is 0.0810 e. The molecule has 0 spiro atoms. The van der Waals surface area contributed by atoms with E-state index >= 15 is 0 Å². The molecule has 1 atom stereocenters. The van der Waals surface area contributed by atoms with Crippen LogP contribution in [0.1, 0.15) is 39.5 Å². The minimum Gasteiger partial charge on any atom is -0.388 e. The Labute approximate surface area is 169 Å². The van der Waals surface area contributed by atoms with Crippen LogP contribution in [0.15, 0.2) is 0 Å². The molecule has 1 aliphatic heterocycles. The van der Waals surface area contributed by atoms with Gasteiger partial charge < -0.3 is 24.1 Å². The Bertz CT molecular complexity index is 363. The third-order valence-corrected chi connectivity index (χ3v) is 6.45. The number of ether oxygens (including phenoxy) is 4. The lowest BCUT2D eigenvalue weighted by atomic mass is 9.92. The van der Waals surface area contributed by atoms with Gasteiger partial charge >= 0.3 is 0 Å². The van der Waals surface area contributed by atoms with Crippen LogP contribution in [0.4, 0.5) is 0 Å². The molecule has 2 aliphatic rings. The molecule has 160 valence electrons. The molecule has 0 aromatic carbocycles. The van der Waals surface area contributed by atoms with E-state index < -0.39 is 5.60 Å². The summed E-state index contributed by atoms with van der Waals surface area (Å²) >= 11 is 1.93. The molecule has 6 nitrogen and oxygen atoms in total. The molecule has 0 radical (unpaired) electrons. The highest BCUT2D eigenvalue weighted by Gasteiger charge is 2.42. The average molecular weight is 406 g/mol. The zero-order valence-electron chi connectivity index (χ0n) is 17.2. The second-order valence-corrected chi connectivity index (χ2v) is 9.30. The first kappa shape index (κ1) is 23.4. The van der Waals surface area contributed by atoms with Gasteiger partial charge in [-0.1, -0.05) is 26.7 Å². The Kier molecular flexibility index (Phi) is 11.6. The minimum absolute atomic E-state index is 0.141. The lowest BCUT2D eigenvalue weighted by Crippen LogP contribution is -2.55. The van der Waals surface area contributed by atoms with Crippen LogP contribution < -0.4 is 0 Å².